The molecule has 0 aliphatic heterocycles. The molecule has 2 aromatic carbocycles. The second kappa shape index (κ2) is 12.6. The smallest absolute Gasteiger partial charge is 0.408 e. The molecule has 3 aromatic rings. The molecule has 2 amide bonds. The van der Waals surface area contributed by atoms with Gasteiger partial charge in [0.1, 0.15) is 11.6 Å². The summed E-state index contributed by atoms with van der Waals surface area (Å²) in [6, 6.07) is 17.4. The third-order valence-corrected chi connectivity index (χ3v) is 10.8. The highest BCUT2D eigenvalue weighted by Crippen LogP contribution is 2.54. The van der Waals surface area contributed by atoms with Crippen molar-refractivity contribution < 1.29 is 24.2 Å². The number of carbonyl (C=O) groups is 3. The average Bonchev–Trinajstić information content (AvgIpc) is 3.37. The zero-order chi connectivity index (χ0) is 30.0. The van der Waals surface area contributed by atoms with Crippen molar-refractivity contribution in [2.45, 2.75) is 69.6 Å². The number of fused-ring (bicyclic) bond motifs is 1. The number of para-hydroxylation sites is 1. The van der Waals surface area contributed by atoms with E-state index in [2.05, 4.69) is 15.6 Å². The van der Waals surface area contributed by atoms with Crippen molar-refractivity contribution in [1.82, 2.24) is 15.6 Å². The third kappa shape index (κ3) is 6.87. The van der Waals surface area contributed by atoms with Gasteiger partial charge in [0, 0.05) is 35.3 Å². The first-order valence-electron chi connectivity index (χ1n) is 15.4. The maximum atomic E-state index is 14.2. The van der Waals surface area contributed by atoms with Crippen LogP contribution in [0.4, 0.5) is 4.79 Å². The summed E-state index contributed by atoms with van der Waals surface area (Å²) in [6.07, 6.45) is 7.91. The Balaban J connectivity index is 1.21. The number of carboxylic acid groups (broad SMARTS) is 1. The maximum absolute atomic E-state index is 14.2. The minimum absolute atomic E-state index is 0.0518. The van der Waals surface area contributed by atoms with Gasteiger partial charge in [-0.3, -0.25) is 9.59 Å². The molecule has 43 heavy (non-hydrogen) atoms. The van der Waals surface area contributed by atoms with E-state index in [4.69, 9.17) is 4.74 Å². The van der Waals surface area contributed by atoms with Crippen molar-refractivity contribution in [3.05, 3.63) is 71.9 Å². The predicted molar refractivity (Wildman–Crippen MR) is 168 cm³/mol. The molecule has 4 N–H and O–H groups in total. The van der Waals surface area contributed by atoms with Gasteiger partial charge in [0.15, 0.2) is 0 Å². The molecule has 9 heteroatoms. The van der Waals surface area contributed by atoms with Gasteiger partial charge in [0.2, 0.25) is 5.91 Å². The average molecular weight is 604 g/mol. The van der Waals surface area contributed by atoms with Gasteiger partial charge in [-0.25, -0.2) is 4.79 Å². The standard InChI is InChI=1S/C34H41N3O5S/c1-34(17-26-18-35-29-10-6-5-9-28(26)29,37-33(41)42-31-24-12-22-11-23(14-24)15-25(31)13-22)32(40)36-27(19-43-20-30(38)39)16-21-7-3-2-4-8-21/h2-10,18,22-25,27,31,35H,11-17,19-20H2,1H3,(H,36,40)(H,37,41)(H,38,39)/t22?,23?,24?,25?,27-,31?,34+/m0/s1. The number of amides is 2. The van der Waals surface area contributed by atoms with E-state index in [-0.39, 0.29) is 30.2 Å². The number of aromatic amines is 1. The number of H-pyrrole nitrogens is 1. The van der Waals surface area contributed by atoms with Crippen LogP contribution in [0.3, 0.4) is 0 Å². The van der Waals surface area contributed by atoms with Gasteiger partial charge < -0.3 is 25.5 Å². The van der Waals surface area contributed by atoms with E-state index in [1.54, 1.807) is 6.92 Å². The van der Waals surface area contributed by atoms with E-state index < -0.39 is 17.6 Å². The Morgan fingerprint density at radius 2 is 1.67 bits per heavy atom. The number of carboxylic acids is 1. The zero-order valence-corrected chi connectivity index (χ0v) is 25.4. The number of aliphatic carboxylic acids is 1. The van der Waals surface area contributed by atoms with Crippen LogP contribution in [0, 0.1) is 23.7 Å². The number of carbonyl (C=O) groups excluding carboxylic acids is 2. The molecule has 4 aliphatic carbocycles. The van der Waals surface area contributed by atoms with Crippen molar-refractivity contribution in [2.24, 2.45) is 23.7 Å². The Kier molecular flexibility index (Phi) is 8.71. The van der Waals surface area contributed by atoms with Gasteiger partial charge in [-0.1, -0.05) is 48.5 Å². The molecule has 1 aromatic heterocycles. The SMILES string of the molecule is C[C@](Cc1c[nH]c2ccccc12)(NC(=O)OC1C2CC3CC(C2)CC1C3)C(=O)N[C@H](CSCC(=O)O)Cc1ccccc1. The molecule has 4 bridgehead atoms. The van der Waals surface area contributed by atoms with Gasteiger partial charge in [0.25, 0.3) is 0 Å². The summed E-state index contributed by atoms with van der Waals surface area (Å²) in [4.78, 5) is 42.3. The lowest BCUT2D eigenvalue weighted by atomic mass is 9.55. The monoisotopic (exact) mass is 603 g/mol. The first-order valence-corrected chi connectivity index (χ1v) is 16.6. The molecule has 0 spiro atoms. The molecule has 228 valence electrons. The Hall–Kier alpha value is -3.46. The first kappa shape index (κ1) is 29.6. The molecule has 0 radical (unpaired) electrons. The van der Waals surface area contributed by atoms with Gasteiger partial charge in [-0.05, 0) is 86.3 Å². The predicted octanol–water partition coefficient (Wildman–Crippen LogP) is 5.57. The number of rotatable bonds is 12. The van der Waals surface area contributed by atoms with Crippen LogP contribution in [0.15, 0.2) is 60.8 Å². The molecule has 1 heterocycles. The van der Waals surface area contributed by atoms with Crippen LogP contribution < -0.4 is 10.6 Å². The second-order valence-electron chi connectivity index (χ2n) is 13.1. The Labute approximate surface area is 256 Å². The Morgan fingerprint density at radius 1 is 1.00 bits per heavy atom. The maximum Gasteiger partial charge on any atom is 0.408 e. The molecule has 8 nitrogen and oxygen atoms in total. The van der Waals surface area contributed by atoms with Crippen molar-refractivity contribution in [3.63, 3.8) is 0 Å². The second-order valence-corrected chi connectivity index (χ2v) is 14.1. The Morgan fingerprint density at radius 3 is 2.37 bits per heavy atom. The van der Waals surface area contributed by atoms with Crippen LogP contribution >= 0.6 is 11.8 Å². The molecule has 4 saturated carbocycles. The topological polar surface area (TPSA) is 121 Å². The van der Waals surface area contributed by atoms with E-state index in [0.717, 1.165) is 59.5 Å². The number of benzene rings is 2. The number of nitrogens with one attached hydrogen (secondary N) is 3. The summed E-state index contributed by atoms with van der Waals surface area (Å²) in [5.41, 5.74) is 1.61. The fourth-order valence-electron chi connectivity index (χ4n) is 7.97. The van der Waals surface area contributed by atoms with Gasteiger partial charge >= 0.3 is 12.1 Å². The fourth-order valence-corrected chi connectivity index (χ4v) is 8.75. The number of thioether (sulfide) groups is 1. The van der Waals surface area contributed by atoms with E-state index in [1.165, 1.54) is 18.2 Å². The summed E-state index contributed by atoms with van der Waals surface area (Å²) >= 11 is 1.27. The van der Waals surface area contributed by atoms with Crippen LogP contribution in [0.5, 0.6) is 0 Å². The molecular formula is C34H41N3O5S. The number of aromatic nitrogens is 1. The highest BCUT2D eigenvalue weighted by atomic mass is 32.2. The Bertz CT molecular complexity index is 1430. The van der Waals surface area contributed by atoms with Crippen LogP contribution in [0.1, 0.15) is 50.2 Å². The first-order chi connectivity index (χ1) is 20.8. The molecule has 4 aliphatic rings. The van der Waals surface area contributed by atoms with Crippen molar-refractivity contribution >= 4 is 40.6 Å². The largest absolute Gasteiger partial charge is 0.481 e. The van der Waals surface area contributed by atoms with E-state index in [1.807, 2.05) is 60.8 Å². The number of hydrogen-bond acceptors (Lipinski definition) is 5. The van der Waals surface area contributed by atoms with Gasteiger partial charge in [-0.15, -0.1) is 11.8 Å². The van der Waals surface area contributed by atoms with Crippen LogP contribution in [-0.2, 0) is 27.2 Å². The molecule has 7 rings (SSSR count). The van der Waals surface area contributed by atoms with Crippen LogP contribution in [0.25, 0.3) is 10.9 Å². The quantitative estimate of drug-likeness (QED) is 0.215. The summed E-state index contributed by atoms with van der Waals surface area (Å²) in [5.74, 6) is 1.52. The molecule has 2 atom stereocenters. The summed E-state index contributed by atoms with van der Waals surface area (Å²) in [6.45, 7) is 1.76. The molecule has 0 saturated heterocycles. The summed E-state index contributed by atoms with van der Waals surface area (Å²) in [7, 11) is 0. The van der Waals surface area contributed by atoms with E-state index in [0.29, 0.717) is 24.0 Å². The molecular weight excluding hydrogens is 562 g/mol. The van der Waals surface area contributed by atoms with E-state index >= 15 is 0 Å². The zero-order valence-electron chi connectivity index (χ0n) is 24.6. The number of hydrogen-bond donors (Lipinski definition) is 4. The van der Waals surface area contributed by atoms with Crippen molar-refractivity contribution in [2.75, 3.05) is 11.5 Å². The lowest BCUT2D eigenvalue weighted by molar-refractivity contribution is -0.134. The highest BCUT2D eigenvalue weighted by Gasteiger charge is 2.50. The summed E-state index contributed by atoms with van der Waals surface area (Å²) in [5, 5.41) is 16.4. The lowest BCUT2D eigenvalue weighted by Crippen LogP contribution is -2.61. The normalized spacial score (nSPS) is 26.0. The van der Waals surface area contributed by atoms with Crippen LogP contribution in [0.2, 0.25) is 0 Å². The minimum Gasteiger partial charge on any atom is -0.481 e. The lowest BCUT2D eigenvalue weighted by Gasteiger charge is -2.53. The molecule has 0 unspecified atom stereocenters. The number of alkyl carbamates (subject to hydrolysis) is 1. The van der Waals surface area contributed by atoms with E-state index in [9.17, 15) is 19.5 Å². The van der Waals surface area contributed by atoms with Crippen molar-refractivity contribution in [1.29, 1.82) is 0 Å². The molecule has 4 fully saturated rings. The summed E-state index contributed by atoms with van der Waals surface area (Å²) < 4.78 is 6.16. The highest BCUT2D eigenvalue weighted by molar-refractivity contribution is 7.99. The minimum atomic E-state index is -1.31. The van der Waals surface area contributed by atoms with Crippen LogP contribution in [-0.4, -0.2) is 57.3 Å². The number of ether oxygens (including phenoxy) is 1. The third-order valence-electron chi connectivity index (χ3n) is 9.69. The van der Waals surface area contributed by atoms with Gasteiger partial charge in [-0.2, -0.15) is 0 Å². The van der Waals surface area contributed by atoms with Crippen molar-refractivity contribution in [3.8, 4) is 0 Å². The fraction of sp³-hybridized carbons (Fsp3) is 0.500. The van der Waals surface area contributed by atoms with Gasteiger partial charge in [0.05, 0.1) is 5.75 Å².